The lowest BCUT2D eigenvalue weighted by molar-refractivity contribution is -0.137. The maximum absolute atomic E-state index is 13.6. The number of aliphatic carboxylic acids is 1. The Kier molecular flexibility index (Phi) is 6.01. The number of sulfonamides is 1. The smallest absolute Gasteiger partial charge is 0.338 e. The molecule has 122 valence electrons. The number of hydrogen-bond donors (Lipinski definition) is 1. The van der Waals surface area contributed by atoms with Crippen LogP contribution in [0.1, 0.15) is 23.7 Å². The number of hydrogen-bond acceptors (Lipinski definition) is 5. The highest BCUT2D eigenvalue weighted by Crippen LogP contribution is 2.19. The molecule has 0 aliphatic heterocycles. The van der Waals surface area contributed by atoms with Gasteiger partial charge in [0.25, 0.3) is 0 Å². The van der Waals surface area contributed by atoms with Crippen molar-refractivity contribution in [3.8, 4) is 0 Å². The van der Waals surface area contributed by atoms with Crippen LogP contribution in [0, 0.1) is 5.82 Å². The van der Waals surface area contributed by atoms with Crippen LogP contribution >= 0.6 is 0 Å². The van der Waals surface area contributed by atoms with Crippen molar-refractivity contribution >= 4 is 22.0 Å². The van der Waals surface area contributed by atoms with Crippen LogP contribution in [0.15, 0.2) is 23.1 Å². The number of halogens is 1. The SMILES string of the molecule is CCOC(=O)c1cc(F)cc(S(=O)(=O)N(C)CCC(=O)O)c1. The molecule has 1 aromatic rings. The van der Waals surface area contributed by atoms with E-state index in [1.165, 1.54) is 7.05 Å². The molecule has 0 radical (unpaired) electrons. The van der Waals surface area contributed by atoms with Gasteiger partial charge in [0.2, 0.25) is 10.0 Å². The summed E-state index contributed by atoms with van der Waals surface area (Å²) in [6.07, 6.45) is -0.393. The zero-order valence-corrected chi connectivity index (χ0v) is 12.9. The van der Waals surface area contributed by atoms with Crippen molar-refractivity contribution in [1.29, 1.82) is 0 Å². The summed E-state index contributed by atoms with van der Waals surface area (Å²) >= 11 is 0. The highest BCUT2D eigenvalue weighted by Gasteiger charge is 2.24. The van der Waals surface area contributed by atoms with Crippen LogP contribution in [0.25, 0.3) is 0 Å². The van der Waals surface area contributed by atoms with E-state index in [2.05, 4.69) is 0 Å². The minimum atomic E-state index is -4.11. The van der Waals surface area contributed by atoms with Crippen LogP contribution in [-0.2, 0) is 19.6 Å². The summed E-state index contributed by atoms with van der Waals surface area (Å²) in [6, 6.07) is 2.62. The van der Waals surface area contributed by atoms with Crippen LogP contribution in [0.2, 0.25) is 0 Å². The van der Waals surface area contributed by atoms with Gasteiger partial charge in [-0.3, -0.25) is 4.79 Å². The Morgan fingerprint density at radius 3 is 2.50 bits per heavy atom. The predicted molar refractivity (Wildman–Crippen MR) is 74.4 cm³/mol. The third kappa shape index (κ3) is 4.50. The zero-order valence-electron chi connectivity index (χ0n) is 12.1. The largest absolute Gasteiger partial charge is 0.481 e. The lowest BCUT2D eigenvalue weighted by Gasteiger charge is -2.16. The van der Waals surface area contributed by atoms with Gasteiger partial charge in [-0.2, -0.15) is 0 Å². The summed E-state index contributed by atoms with van der Waals surface area (Å²) in [5.41, 5.74) is -0.230. The molecule has 0 fully saturated rings. The molecule has 7 nitrogen and oxygen atoms in total. The Morgan fingerprint density at radius 2 is 1.95 bits per heavy atom. The van der Waals surface area contributed by atoms with Gasteiger partial charge in [0.1, 0.15) is 5.82 Å². The average molecular weight is 333 g/mol. The number of rotatable bonds is 7. The lowest BCUT2D eigenvalue weighted by Crippen LogP contribution is -2.29. The van der Waals surface area contributed by atoms with Crippen LogP contribution in [0.5, 0.6) is 0 Å². The molecule has 0 aromatic heterocycles. The van der Waals surface area contributed by atoms with Crippen molar-refractivity contribution in [3.63, 3.8) is 0 Å². The van der Waals surface area contributed by atoms with Gasteiger partial charge < -0.3 is 9.84 Å². The van der Waals surface area contributed by atoms with E-state index < -0.39 is 39.1 Å². The topological polar surface area (TPSA) is 101 Å². The van der Waals surface area contributed by atoms with E-state index in [-0.39, 0.29) is 18.7 Å². The number of carbonyl (C=O) groups excluding carboxylic acids is 1. The Balaban J connectivity index is 3.13. The minimum Gasteiger partial charge on any atom is -0.481 e. The van der Waals surface area contributed by atoms with Gasteiger partial charge in [-0.25, -0.2) is 21.9 Å². The molecule has 0 aliphatic rings. The Bertz CT molecular complexity index is 673. The number of benzene rings is 1. The molecule has 0 atom stereocenters. The molecule has 1 aromatic carbocycles. The van der Waals surface area contributed by atoms with Gasteiger partial charge in [-0.15, -0.1) is 0 Å². The number of carbonyl (C=O) groups is 2. The van der Waals surface area contributed by atoms with Crippen LogP contribution in [0.4, 0.5) is 4.39 Å². The van der Waals surface area contributed by atoms with Gasteiger partial charge in [0, 0.05) is 13.6 Å². The molecular formula is C13H16FNO6S. The fourth-order valence-corrected chi connectivity index (χ4v) is 2.83. The van der Waals surface area contributed by atoms with E-state index in [4.69, 9.17) is 9.84 Å². The van der Waals surface area contributed by atoms with Crippen molar-refractivity contribution < 1.29 is 32.2 Å². The molecule has 0 spiro atoms. The number of nitrogens with zero attached hydrogens (tertiary/aromatic N) is 1. The van der Waals surface area contributed by atoms with E-state index in [0.717, 1.165) is 22.5 Å². The molecule has 0 amide bonds. The summed E-state index contributed by atoms with van der Waals surface area (Å²) in [7, 11) is -2.93. The molecule has 1 N–H and O–H groups in total. The van der Waals surface area contributed by atoms with Gasteiger partial charge in [-0.1, -0.05) is 0 Å². The van der Waals surface area contributed by atoms with Crippen molar-refractivity contribution in [2.24, 2.45) is 0 Å². The van der Waals surface area contributed by atoms with Crippen molar-refractivity contribution in [2.45, 2.75) is 18.2 Å². The van der Waals surface area contributed by atoms with Gasteiger partial charge >= 0.3 is 11.9 Å². The van der Waals surface area contributed by atoms with E-state index in [1.54, 1.807) is 6.92 Å². The summed E-state index contributed by atoms with van der Waals surface area (Å²) in [6.45, 7) is 1.35. The maximum atomic E-state index is 13.6. The second-order valence-corrected chi connectivity index (χ2v) is 6.41. The van der Waals surface area contributed by atoms with Gasteiger partial charge in [-0.05, 0) is 25.1 Å². The van der Waals surface area contributed by atoms with Gasteiger partial charge in [0.05, 0.1) is 23.5 Å². The third-order valence-corrected chi connectivity index (χ3v) is 4.57. The summed E-state index contributed by atoms with van der Waals surface area (Å²) < 4.78 is 43.5. The van der Waals surface area contributed by atoms with E-state index in [0.29, 0.717) is 0 Å². The van der Waals surface area contributed by atoms with Crippen molar-refractivity contribution in [2.75, 3.05) is 20.2 Å². The summed E-state index contributed by atoms with van der Waals surface area (Å²) in [5, 5.41) is 8.58. The predicted octanol–water partition coefficient (Wildman–Crippen LogP) is 1.10. The third-order valence-electron chi connectivity index (χ3n) is 2.73. The first-order chi connectivity index (χ1) is 10.2. The Labute approximate surface area is 127 Å². The Hall–Kier alpha value is -2.00. The average Bonchev–Trinajstić information content (AvgIpc) is 2.44. The molecule has 22 heavy (non-hydrogen) atoms. The number of esters is 1. The number of carboxylic acids is 1. The summed E-state index contributed by atoms with van der Waals surface area (Å²) in [4.78, 5) is 21.6. The van der Waals surface area contributed by atoms with E-state index in [9.17, 15) is 22.4 Å². The van der Waals surface area contributed by atoms with Crippen LogP contribution in [0.3, 0.4) is 0 Å². The van der Waals surface area contributed by atoms with E-state index >= 15 is 0 Å². The monoisotopic (exact) mass is 333 g/mol. The first kappa shape index (κ1) is 18.1. The molecule has 0 bridgehead atoms. The molecule has 0 aliphatic carbocycles. The van der Waals surface area contributed by atoms with Crippen LogP contribution < -0.4 is 0 Å². The summed E-state index contributed by atoms with van der Waals surface area (Å²) in [5.74, 6) is -2.91. The number of carboxylic acid groups (broad SMARTS) is 1. The minimum absolute atomic E-state index is 0.0654. The quantitative estimate of drug-likeness (QED) is 0.750. The highest BCUT2D eigenvalue weighted by molar-refractivity contribution is 7.89. The maximum Gasteiger partial charge on any atom is 0.338 e. The highest BCUT2D eigenvalue weighted by atomic mass is 32.2. The Morgan fingerprint density at radius 1 is 1.32 bits per heavy atom. The van der Waals surface area contributed by atoms with E-state index in [1.807, 2.05) is 0 Å². The van der Waals surface area contributed by atoms with Crippen molar-refractivity contribution in [3.05, 3.63) is 29.6 Å². The molecular weight excluding hydrogens is 317 g/mol. The molecule has 0 saturated carbocycles. The fraction of sp³-hybridized carbons (Fsp3) is 0.385. The van der Waals surface area contributed by atoms with Gasteiger partial charge in [0.15, 0.2) is 0 Å². The molecule has 9 heteroatoms. The first-order valence-electron chi connectivity index (χ1n) is 6.34. The van der Waals surface area contributed by atoms with Crippen LogP contribution in [-0.4, -0.2) is 50.0 Å². The second kappa shape index (κ2) is 7.32. The number of ether oxygens (including phenoxy) is 1. The standard InChI is InChI=1S/C13H16FNO6S/c1-3-21-13(18)9-6-10(14)8-11(7-9)22(19,20)15(2)5-4-12(16)17/h6-8H,3-5H2,1-2H3,(H,16,17). The van der Waals surface area contributed by atoms with Crippen molar-refractivity contribution in [1.82, 2.24) is 4.31 Å². The molecule has 0 saturated heterocycles. The normalized spacial score (nSPS) is 11.5. The fourth-order valence-electron chi connectivity index (χ4n) is 1.60. The zero-order chi connectivity index (χ0) is 16.9. The molecule has 1 rings (SSSR count). The molecule has 0 unspecified atom stereocenters. The lowest BCUT2D eigenvalue weighted by atomic mass is 10.2. The molecule has 0 heterocycles. The second-order valence-electron chi connectivity index (χ2n) is 4.37. The first-order valence-corrected chi connectivity index (χ1v) is 7.78.